The monoisotopic (exact) mass is 367 g/mol. The molecule has 6 heteroatoms. The molecule has 0 saturated heterocycles. The van der Waals surface area contributed by atoms with Crippen molar-refractivity contribution < 1.29 is 13.5 Å². The summed E-state index contributed by atoms with van der Waals surface area (Å²) in [4.78, 5) is 0. The Bertz CT molecular complexity index is 407. The standard InChI is InChI=1S/C14H20BrF2NOS/c1-3-20-7-6-10(2)18-9-11-8-12(15)4-5-13(11)19-14(16)17/h4-5,8,10,14,18H,3,6-7,9H2,1-2H3. The van der Waals surface area contributed by atoms with Crippen LogP contribution < -0.4 is 10.1 Å². The molecule has 0 radical (unpaired) electrons. The third-order valence-electron chi connectivity index (χ3n) is 2.78. The van der Waals surface area contributed by atoms with Crippen molar-refractivity contribution in [3.8, 4) is 5.75 Å². The van der Waals surface area contributed by atoms with Crippen molar-refractivity contribution in [3.63, 3.8) is 0 Å². The van der Waals surface area contributed by atoms with Crippen molar-refractivity contribution in [1.82, 2.24) is 5.32 Å². The number of hydrogen-bond donors (Lipinski definition) is 1. The van der Waals surface area contributed by atoms with Gasteiger partial charge in [0.2, 0.25) is 0 Å². The quantitative estimate of drug-likeness (QED) is 0.640. The third kappa shape index (κ3) is 6.90. The van der Waals surface area contributed by atoms with E-state index in [1.807, 2.05) is 11.8 Å². The first-order valence-electron chi connectivity index (χ1n) is 6.57. The maximum Gasteiger partial charge on any atom is 0.387 e. The molecule has 1 atom stereocenters. The lowest BCUT2D eigenvalue weighted by Gasteiger charge is -2.16. The van der Waals surface area contributed by atoms with Crippen molar-refractivity contribution in [2.75, 3.05) is 11.5 Å². The highest BCUT2D eigenvalue weighted by Gasteiger charge is 2.11. The molecule has 0 saturated carbocycles. The van der Waals surface area contributed by atoms with E-state index >= 15 is 0 Å². The minimum Gasteiger partial charge on any atom is -0.434 e. The number of nitrogens with one attached hydrogen (secondary N) is 1. The van der Waals surface area contributed by atoms with E-state index in [4.69, 9.17) is 0 Å². The van der Waals surface area contributed by atoms with Crippen LogP contribution in [0.3, 0.4) is 0 Å². The fourth-order valence-corrected chi connectivity index (χ4v) is 2.91. The summed E-state index contributed by atoms with van der Waals surface area (Å²) in [6.45, 7) is 1.95. The molecule has 0 amide bonds. The zero-order valence-electron chi connectivity index (χ0n) is 11.7. The number of rotatable bonds is 9. The fraction of sp³-hybridized carbons (Fsp3) is 0.571. The van der Waals surface area contributed by atoms with Gasteiger partial charge >= 0.3 is 6.61 Å². The summed E-state index contributed by atoms with van der Waals surface area (Å²) in [5.41, 5.74) is 0.731. The summed E-state index contributed by atoms with van der Waals surface area (Å²) in [6.07, 6.45) is 1.05. The summed E-state index contributed by atoms with van der Waals surface area (Å²) in [7, 11) is 0. The second-order valence-electron chi connectivity index (χ2n) is 4.40. The Hall–Kier alpha value is -0.330. The third-order valence-corrected chi connectivity index (χ3v) is 4.20. The minimum atomic E-state index is -2.80. The van der Waals surface area contributed by atoms with Crippen LogP contribution in [0.1, 0.15) is 25.8 Å². The van der Waals surface area contributed by atoms with Crippen molar-refractivity contribution in [3.05, 3.63) is 28.2 Å². The average Bonchev–Trinajstić information content (AvgIpc) is 2.39. The van der Waals surface area contributed by atoms with Gasteiger partial charge in [-0.2, -0.15) is 20.5 Å². The van der Waals surface area contributed by atoms with Crippen LogP contribution >= 0.6 is 27.7 Å². The van der Waals surface area contributed by atoms with Gasteiger partial charge in [-0.3, -0.25) is 0 Å². The molecule has 0 aliphatic carbocycles. The fourth-order valence-electron chi connectivity index (χ4n) is 1.69. The van der Waals surface area contributed by atoms with Crippen LogP contribution in [-0.2, 0) is 6.54 Å². The molecule has 0 heterocycles. The van der Waals surface area contributed by atoms with Gasteiger partial charge < -0.3 is 10.1 Å². The lowest BCUT2D eigenvalue weighted by molar-refractivity contribution is -0.0505. The van der Waals surface area contributed by atoms with Crippen LogP contribution in [0, 0.1) is 0 Å². The SMILES string of the molecule is CCSCCC(C)NCc1cc(Br)ccc1OC(F)F. The van der Waals surface area contributed by atoms with Crippen molar-refractivity contribution in [2.45, 2.75) is 39.5 Å². The lowest BCUT2D eigenvalue weighted by atomic mass is 10.2. The Kier molecular flexibility index (Phi) is 8.49. The first-order valence-corrected chi connectivity index (χ1v) is 8.52. The second-order valence-corrected chi connectivity index (χ2v) is 6.71. The molecular formula is C14H20BrF2NOS. The van der Waals surface area contributed by atoms with Gasteiger partial charge in [0.05, 0.1) is 0 Å². The van der Waals surface area contributed by atoms with Crippen molar-refractivity contribution >= 4 is 27.7 Å². The van der Waals surface area contributed by atoms with Crippen LogP contribution in [0.5, 0.6) is 5.75 Å². The highest BCUT2D eigenvalue weighted by Crippen LogP contribution is 2.25. The maximum atomic E-state index is 12.3. The van der Waals surface area contributed by atoms with Crippen LogP contribution in [0.4, 0.5) is 8.78 Å². The number of hydrogen-bond acceptors (Lipinski definition) is 3. The van der Waals surface area contributed by atoms with Crippen LogP contribution in [0.25, 0.3) is 0 Å². The normalized spacial score (nSPS) is 12.7. The Labute approximate surface area is 131 Å². The van der Waals surface area contributed by atoms with Gasteiger partial charge in [0.1, 0.15) is 5.75 Å². The lowest BCUT2D eigenvalue weighted by Crippen LogP contribution is -2.26. The van der Waals surface area contributed by atoms with Gasteiger partial charge in [0.15, 0.2) is 0 Å². The zero-order valence-corrected chi connectivity index (χ0v) is 14.1. The Morgan fingerprint density at radius 3 is 2.80 bits per heavy atom. The van der Waals surface area contributed by atoms with Crippen LogP contribution in [-0.4, -0.2) is 24.2 Å². The summed E-state index contributed by atoms with van der Waals surface area (Å²) in [5.74, 6) is 2.44. The van der Waals surface area contributed by atoms with E-state index in [9.17, 15) is 8.78 Å². The highest BCUT2D eigenvalue weighted by molar-refractivity contribution is 9.10. The molecule has 0 aromatic heterocycles. The first-order chi connectivity index (χ1) is 9.52. The molecule has 0 aliphatic rings. The number of thioether (sulfide) groups is 1. The topological polar surface area (TPSA) is 21.3 Å². The highest BCUT2D eigenvalue weighted by atomic mass is 79.9. The van der Waals surface area contributed by atoms with E-state index in [0.717, 1.165) is 28.0 Å². The van der Waals surface area contributed by atoms with E-state index in [2.05, 4.69) is 39.8 Å². The number of ether oxygens (including phenoxy) is 1. The molecule has 1 aromatic rings. The predicted molar refractivity (Wildman–Crippen MR) is 84.7 cm³/mol. The largest absolute Gasteiger partial charge is 0.434 e. The number of alkyl halides is 2. The molecular weight excluding hydrogens is 348 g/mol. The summed E-state index contributed by atoms with van der Waals surface area (Å²) >= 11 is 5.25. The molecule has 114 valence electrons. The Morgan fingerprint density at radius 2 is 2.15 bits per heavy atom. The van der Waals surface area contributed by atoms with E-state index in [-0.39, 0.29) is 5.75 Å². The average molecular weight is 368 g/mol. The van der Waals surface area contributed by atoms with Gasteiger partial charge in [0.25, 0.3) is 0 Å². The molecule has 1 aromatic carbocycles. The summed E-state index contributed by atoms with van der Waals surface area (Å²) < 4.78 is 30.1. The van der Waals surface area contributed by atoms with E-state index in [1.54, 1.807) is 18.2 Å². The van der Waals surface area contributed by atoms with Gasteiger partial charge in [-0.1, -0.05) is 22.9 Å². The smallest absolute Gasteiger partial charge is 0.387 e. The molecule has 1 unspecified atom stereocenters. The summed E-state index contributed by atoms with van der Waals surface area (Å²) in [5, 5.41) is 3.34. The van der Waals surface area contributed by atoms with Gasteiger partial charge in [-0.25, -0.2) is 0 Å². The van der Waals surface area contributed by atoms with Crippen molar-refractivity contribution in [2.24, 2.45) is 0 Å². The molecule has 0 bridgehead atoms. The van der Waals surface area contributed by atoms with Gasteiger partial charge in [-0.15, -0.1) is 0 Å². The molecule has 0 spiro atoms. The molecule has 20 heavy (non-hydrogen) atoms. The van der Waals surface area contributed by atoms with Crippen LogP contribution in [0.15, 0.2) is 22.7 Å². The van der Waals surface area contributed by atoms with E-state index < -0.39 is 6.61 Å². The molecule has 1 N–H and O–H groups in total. The Morgan fingerprint density at radius 1 is 1.40 bits per heavy atom. The molecule has 0 aliphatic heterocycles. The van der Waals surface area contributed by atoms with Crippen molar-refractivity contribution in [1.29, 1.82) is 0 Å². The van der Waals surface area contributed by atoms with Gasteiger partial charge in [-0.05, 0) is 43.0 Å². The zero-order chi connectivity index (χ0) is 15.0. The second kappa shape index (κ2) is 9.58. The van der Waals surface area contributed by atoms with E-state index in [1.165, 1.54) is 0 Å². The molecule has 2 nitrogen and oxygen atoms in total. The Balaban J connectivity index is 2.54. The first kappa shape index (κ1) is 17.7. The van der Waals surface area contributed by atoms with Crippen LogP contribution in [0.2, 0.25) is 0 Å². The number of benzene rings is 1. The summed E-state index contributed by atoms with van der Waals surface area (Å²) in [6, 6.07) is 5.40. The van der Waals surface area contributed by atoms with Gasteiger partial charge in [0, 0.05) is 22.6 Å². The molecule has 1 rings (SSSR count). The number of halogens is 3. The predicted octanol–water partition coefficient (Wildman–Crippen LogP) is 4.67. The minimum absolute atomic E-state index is 0.228. The van der Waals surface area contributed by atoms with E-state index in [0.29, 0.717) is 12.6 Å². The maximum absolute atomic E-state index is 12.3. The molecule has 0 fully saturated rings.